The van der Waals surface area contributed by atoms with Crippen LogP contribution in [0.15, 0.2) is 30.6 Å². The number of ether oxygens (including phenoxy) is 1. The van der Waals surface area contributed by atoms with Crippen LogP contribution in [0.5, 0.6) is 5.75 Å². The summed E-state index contributed by atoms with van der Waals surface area (Å²) in [6.07, 6.45) is 5.80. The SMILES string of the molecule is C[C@H]1[C@H]2C[C@@H](CC1(C)C)N(C(=S)Oc1ccc3nccnc3c1)C2. The van der Waals surface area contributed by atoms with E-state index in [1.165, 1.54) is 12.8 Å². The molecule has 0 amide bonds. The summed E-state index contributed by atoms with van der Waals surface area (Å²) in [6, 6.07) is 6.25. The summed E-state index contributed by atoms with van der Waals surface area (Å²) in [6.45, 7) is 8.16. The summed E-state index contributed by atoms with van der Waals surface area (Å²) in [7, 11) is 0. The Balaban J connectivity index is 1.52. The van der Waals surface area contributed by atoms with Crippen LogP contribution in [0.1, 0.15) is 33.6 Å². The topological polar surface area (TPSA) is 38.2 Å². The van der Waals surface area contributed by atoms with Crippen LogP contribution in [0.2, 0.25) is 0 Å². The maximum absolute atomic E-state index is 6.01. The zero-order valence-electron chi connectivity index (χ0n) is 14.4. The van der Waals surface area contributed by atoms with Crippen LogP contribution in [0.4, 0.5) is 0 Å². The van der Waals surface area contributed by atoms with E-state index in [4.69, 9.17) is 17.0 Å². The van der Waals surface area contributed by atoms with Gasteiger partial charge in [-0.1, -0.05) is 20.8 Å². The van der Waals surface area contributed by atoms with Gasteiger partial charge in [0.05, 0.1) is 11.0 Å². The molecule has 0 spiro atoms. The van der Waals surface area contributed by atoms with Gasteiger partial charge in [-0.3, -0.25) is 9.97 Å². The Morgan fingerprint density at radius 1 is 1.25 bits per heavy atom. The Morgan fingerprint density at radius 3 is 2.79 bits per heavy atom. The maximum Gasteiger partial charge on any atom is 0.265 e. The normalized spacial score (nSPS) is 28.1. The number of nitrogens with zero attached hydrogens (tertiary/aromatic N) is 3. The quantitative estimate of drug-likeness (QED) is 0.732. The molecule has 126 valence electrons. The van der Waals surface area contributed by atoms with Crippen molar-refractivity contribution in [2.24, 2.45) is 17.3 Å². The molecule has 0 unspecified atom stereocenters. The minimum Gasteiger partial charge on any atom is -0.432 e. The van der Waals surface area contributed by atoms with Gasteiger partial charge >= 0.3 is 0 Å². The molecular weight excluding hydrogens is 318 g/mol. The minimum atomic E-state index is 0.372. The van der Waals surface area contributed by atoms with Crippen molar-refractivity contribution in [3.8, 4) is 5.75 Å². The van der Waals surface area contributed by atoms with E-state index in [9.17, 15) is 0 Å². The largest absolute Gasteiger partial charge is 0.432 e. The highest BCUT2D eigenvalue weighted by atomic mass is 32.1. The van der Waals surface area contributed by atoms with Gasteiger partial charge in [-0.2, -0.15) is 0 Å². The van der Waals surface area contributed by atoms with Gasteiger partial charge in [0, 0.05) is 31.0 Å². The summed E-state index contributed by atoms with van der Waals surface area (Å²) in [4.78, 5) is 10.9. The van der Waals surface area contributed by atoms with Gasteiger partial charge in [0.1, 0.15) is 5.75 Å². The first-order valence-electron chi connectivity index (χ1n) is 8.63. The first kappa shape index (κ1) is 15.8. The number of hydrogen-bond acceptors (Lipinski definition) is 4. The molecule has 4 rings (SSSR count). The monoisotopic (exact) mass is 341 g/mol. The molecule has 1 saturated heterocycles. The molecule has 2 fully saturated rings. The van der Waals surface area contributed by atoms with E-state index in [1.807, 2.05) is 18.2 Å². The second kappa shape index (κ2) is 5.66. The number of benzene rings is 1. The van der Waals surface area contributed by atoms with E-state index in [0.29, 0.717) is 22.5 Å². The highest BCUT2D eigenvalue weighted by Gasteiger charge is 2.48. The average molecular weight is 341 g/mol. The molecule has 24 heavy (non-hydrogen) atoms. The van der Waals surface area contributed by atoms with Crippen molar-refractivity contribution in [2.75, 3.05) is 6.54 Å². The molecule has 2 heterocycles. The molecule has 1 aliphatic heterocycles. The van der Waals surface area contributed by atoms with Gasteiger partial charge in [0.2, 0.25) is 0 Å². The fraction of sp³-hybridized carbons (Fsp3) is 0.526. The van der Waals surface area contributed by atoms with Gasteiger partial charge in [-0.05, 0) is 54.4 Å². The van der Waals surface area contributed by atoms with Crippen LogP contribution >= 0.6 is 12.2 Å². The van der Waals surface area contributed by atoms with Crippen LogP contribution in [0, 0.1) is 17.3 Å². The van der Waals surface area contributed by atoms with Crippen molar-refractivity contribution in [2.45, 2.75) is 39.7 Å². The zero-order chi connectivity index (χ0) is 16.9. The van der Waals surface area contributed by atoms with Crippen LogP contribution in [0.25, 0.3) is 11.0 Å². The third-order valence-corrected chi connectivity index (χ3v) is 6.35. The molecule has 3 atom stereocenters. The van der Waals surface area contributed by atoms with Gasteiger partial charge in [-0.25, -0.2) is 0 Å². The Labute approximate surface area is 148 Å². The van der Waals surface area contributed by atoms with E-state index in [-0.39, 0.29) is 0 Å². The van der Waals surface area contributed by atoms with Crippen LogP contribution < -0.4 is 4.74 Å². The number of hydrogen-bond donors (Lipinski definition) is 0. The average Bonchev–Trinajstić information content (AvgIpc) is 2.92. The first-order chi connectivity index (χ1) is 11.4. The van der Waals surface area contributed by atoms with E-state index in [2.05, 4.69) is 35.6 Å². The standard InChI is InChI=1S/C19H23N3OS/c1-12-13-8-14(10-19(12,2)3)22(11-13)18(24)23-15-4-5-16-17(9-15)21-7-6-20-16/h4-7,9,12-14H,8,10-11H2,1-3H3/t12-,13-,14-/m0/s1. The first-order valence-corrected chi connectivity index (χ1v) is 9.04. The second-order valence-corrected chi connectivity index (χ2v) is 8.21. The van der Waals surface area contributed by atoms with Crippen LogP contribution in [-0.2, 0) is 0 Å². The Morgan fingerprint density at radius 2 is 2.00 bits per heavy atom. The van der Waals surface area contributed by atoms with E-state index < -0.39 is 0 Å². The Kier molecular flexibility index (Phi) is 3.71. The predicted octanol–water partition coefficient (Wildman–Crippen LogP) is 4.05. The summed E-state index contributed by atoms with van der Waals surface area (Å²) < 4.78 is 6.01. The molecular formula is C19H23N3OS. The van der Waals surface area contributed by atoms with Gasteiger partial charge in [0.25, 0.3) is 5.17 Å². The number of aromatic nitrogens is 2. The van der Waals surface area contributed by atoms with Gasteiger partial charge in [0.15, 0.2) is 0 Å². The third-order valence-electron chi connectivity index (χ3n) is 6.03. The predicted molar refractivity (Wildman–Crippen MR) is 98.9 cm³/mol. The van der Waals surface area contributed by atoms with Crippen LogP contribution in [0.3, 0.4) is 0 Å². The molecule has 2 aliphatic rings. The molecule has 5 heteroatoms. The molecule has 4 nitrogen and oxygen atoms in total. The Hall–Kier alpha value is -1.75. The number of fused-ring (bicyclic) bond motifs is 3. The van der Waals surface area contributed by atoms with Crippen molar-refractivity contribution in [3.63, 3.8) is 0 Å². The van der Waals surface area contributed by atoms with E-state index >= 15 is 0 Å². The van der Waals surface area contributed by atoms with Crippen molar-refractivity contribution in [3.05, 3.63) is 30.6 Å². The molecule has 0 radical (unpaired) electrons. The third kappa shape index (κ3) is 2.65. The summed E-state index contributed by atoms with van der Waals surface area (Å²) in [5.74, 6) is 2.17. The van der Waals surface area contributed by atoms with Crippen LogP contribution in [-0.4, -0.2) is 32.6 Å². The summed E-state index contributed by atoms with van der Waals surface area (Å²) in [5.41, 5.74) is 2.06. The lowest BCUT2D eigenvalue weighted by Crippen LogP contribution is -2.40. The van der Waals surface area contributed by atoms with Gasteiger partial charge in [-0.15, -0.1) is 0 Å². The number of rotatable bonds is 1. The lowest BCUT2D eigenvalue weighted by molar-refractivity contribution is 0.106. The van der Waals surface area contributed by atoms with Gasteiger partial charge < -0.3 is 9.64 Å². The zero-order valence-corrected chi connectivity index (χ0v) is 15.2. The van der Waals surface area contributed by atoms with Crippen molar-refractivity contribution >= 4 is 28.4 Å². The highest BCUT2D eigenvalue weighted by molar-refractivity contribution is 7.80. The fourth-order valence-electron chi connectivity index (χ4n) is 4.33. The summed E-state index contributed by atoms with van der Waals surface area (Å²) in [5, 5.41) is 0.593. The molecule has 2 aromatic rings. The minimum absolute atomic E-state index is 0.372. The highest BCUT2D eigenvalue weighted by Crippen LogP contribution is 2.49. The van der Waals surface area contributed by atoms with Crippen molar-refractivity contribution in [1.82, 2.24) is 14.9 Å². The van der Waals surface area contributed by atoms with E-state index in [0.717, 1.165) is 29.2 Å². The lowest BCUT2D eigenvalue weighted by atomic mass is 9.65. The van der Waals surface area contributed by atoms with Crippen molar-refractivity contribution < 1.29 is 4.74 Å². The molecule has 1 aromatic carbocycles. The smallest absolute Gasteiger partial charge is 0.265 e. The molecule has 1 aromatic heterocycles. The fourth-order valence-corrected chi connectivity index (χ4v) is 4.65. The summed E-state index contributed by atoms with van der Waals surface area (Å²) >= 11 is 5.62. The number of likely N-dealkylation sites (tertiary alicyclic amines) is 1. The maximum atomic E-state index is 6.01. The molecule has 0 N–H and O–H groups in total. The lowest BCUT2D eigenvalue weighted by Gasteiger charge is -2.40. The Bertz CT molecular complexity index is 791. The molecule has 1 saturated carbocycles. The van der Waals surface area contributed by atoms with Crippen molar-refractivity contribution in [1.29, 1.82) is 0 Å². The number of thiocarbonyl (C=S) groups is 1. The van der Waals surface area contributed by atoms with E-state index in [1.54, 1.807) is 12.4 Å². The molecule has 1 aliphatic carbocycles. The second-order valence-electron chi connectivity index (χ2n) is 7.86. The molecule has 2 bridgehead atoms.